The van der Waals surface area contributed by atoms with Gasteiger partial charge in [-0.2, -0.15) is 0 Å². The Balaban J connectivity index is 2.49. The van der Waals surface area contributed by atoms with Gasteiger partial charge in [0.2, 0.25) is 0 Å². The van der Waals surface area contributed by atoms with Crippen molar-refractivity contribution in [2.75, 3.05) is 25.2 Å². The Morgan fingerprint density at radius 1 is 1.36 bits per heavy atom. The van der Waals surface area contributed by atoms with E-state index in [2.05, 4.69) is 18.7 Å². The Bertz CT molecular complexity index is 724. The molecule has 1 aliphatic carbocycles. The molecule has 0 bridgehead atoms. The van der Waals surface area contributed by atoms with Crippen molar-refractivity contribution in [3.63, 3.8) is 0 Å². The predicted molar refractivity (Wildman–Crippen MR) is 110 cm³/mol. The molecule has 1 saturated carbocycles. The number of nitro groups is 1. The summed E-state index contributed by atoms with van der Waals surface area (Å²) in [7, 11) is 1.46. The minimum atomic E-state index is -1.11. The van der Waals surface area contributed by atoms with Gasteiger partial charge >= 0.3 is 5.97 Å². The molecule has 1 aromatic carbocycles. The average Bonchev–Trinajstić information content (AvgIpc) is 2.65. The summed E-state index contributed by atoms with van der Waals surface area (Å²) in [5.41, 5.74) is 1.52. The summed E-state index contributed by atoms with van der Waals surface area (Å²) in [5, 5.41) is 20.9. The summed E-state index contributed by atoms with van der Waals surface area (Å²) in [4.78, 5) is 24.8. The third-order valence-electron chi connectivity index (χ3n) is 5.03. The third kappa shape index (κ3) is 5.79. The summed E-state index contributed by atoms with van der Waals surface area (Å²) >= 11 is 0. The first-order valence-electron chi connectivity index (χ1n) is 9.81. The normalized spacial score (nSPS) is 15.6. The van der Waals surface area contributed by atoms with Gasteiger partial charge in [0.15, 0.2) is 0 Å². The monoisotopic (exact) mass is 390 g/mol. The van der Waals surface area contributed by atoms with Crippen LogP contribution in [0.25, 0.3) is 5.57 Å². The number of ether oxygens (including phenoxy) is 1. The van der Waals surface area contributed by atoms with Crippen molar-refractivity contribution in [2.45, 2.75) is 52.0 Å². The molecule has 28 heavy (non-hydrogen) atoms. The van der Waals surface area contributed by atoms with Crippen molar-refractivity contribution in [2.24, 2.45) is 5.92 Å². The molecule has 2 rings (SSSR count). The second-order valence-corrected chi connectivity index (χ2v) is 7.74. The number of anilines is 1. The van der Waals surface area contributed by atoms with Crippen molar-refractivity contribution in [3.8, 4) is 0 Å². The van der Waals surface area contributed by atoms with E-state index >= 15 is 0 Å². The van der Waals surface area contributed by atoms with Gasteiger partial charge in [0.1, 0.15) is 5.69 Å². The number of nitro benzene ring substituents is 1. The molecule has 0 aromatic heterocycles. The molecule has 0 heterocycles. The van der Waals surface area contributed by atoms with Crippen LogP contribution in [-0.2, 0) is 9.53 Å². The van der Waals surface area contributed by atoms with Gasteiger partial charge in [-0.1, -0.05) is 39.2 Å². The first-order chi connectivity index (χ1) is 13.3. The largest absolute Gasteiger partial charge is 0.478 e. The van der Waals surface area contributed by atoms with Gasteiger partial charge in [-0.25, -0.2) is 4.79 Å². The molecule has 0 saturated heterocycles. The van der Waals surface area contributed by atoms with E-state index in [0.717, 1.165) is 38.3 Å². The van der Waals surface area contributed by atoms with E-state index in [0.29, 0.717) is 28.8 Å². The van der Waals surface area contributed by atoms with Crippen LogP contribution >= 0.6 is 0 Å². The molecule has 1 aliphatic rings. The van der Waals surface area contributed by atoms with E-state index in [1.165, 1.54) is 19.6 Å². The number of benzene rings is 1. The van der Waals surface area contributed by atoms with E-state index in [1.807, 2.05) is 0 Å². The molecular formula is C21H30N2O5. The molecule has 1 N–H and O–H groups in total. The summed E-state index contributed by atoms with van der Waals surface area (Å²) in [6.07, 6.45) is 6.62. The summed E-state index contributed by atoms with van der Waals surface area (Å²) < 4.78 is 5.07. The lowest BCUT2D eigenvalue weighted by Crippen LogP contribution is -2.39. The Morgan fingerprint density at radius 3 is 2.57 bits per heavy atom. The standard InChI is InChI=1S/C21H30N2O5/c1-15(2)13-22(18-7-5-4-6-8-18)19-10-9-16(11-20(19)23(26)27)17(14-28-3)12-21(24)25/h9-12,15,18H,4-8,13-14H2,1-3H3,(H,24,25). The van der Waals surface area contributed by atoms with Crippen LogP contribution < -0.4 is 4.90 Å². The van der Waals surface area contributed by atoms with Crippen LogP contribution in [0.2, 0.25) is 0 Å². The fourth-order valence-corrected chi connectivity index (χ4v) is 3.86. The molecule has 0 unspecified atom stereocenters. The van der Waals surface area contributed by atoms with E-state index < -0.39 is 5.97 Å². The molecule has 0 spiro atoms. The minimum absolute atomic E-state index is 0.0103. The molecule has 1 aromatic rings. The molecule has 0 radical (unpaired) electrons. The quantitative estimate of drug-likeness (QED) is 0.379. The molecule has 7 heteroatoms. The molecule has 0 amide bonds. The van der Waals surface area contributed by atoms with Gasteiger partial charge in [-0.3, -0.25) is 10.1 Å². The van der Waals surface area contributed by atoms with Crippen molar-refractivity contribution < 1.29 is 19.6 Å². The van der Waals surface area contributed by atoms with Crippen molar-refractivity contribution in [1.29, 1.82) is 0 Å². The topological polar surface area (TPSA) is 92.9 Å². The van der Waals surface area contributed by atoms with Crippen LogP contribution in [0.1, 0.15) is 51.5 Å². The fraction of sp³-hybridized carbons (Fsp3) is 0.571. The zero-order valence-electron chi connectivity index (χ0n) is 16.9. The highest BCUT2D eigenvalue weighted by Gasteiger charge is 2.28. The Morgan fingerprint density at radius 2 is 2.04 bits per heavy atom. The van der Waals surface area contributed by atoms with Crippen molar-refractivity contribution in [3.05, 3.63) is 40.0 Å². The number of nitrogens with zero attached hydrogens (tertiary/aromatic N) is 2. The number of methoxy groups -OCH3 is 1. The van der Waals surface area contributed by atoms with Gasteiger partial charge in [0.25, 0.3) is 5.69 Å². The zero-order chi connectivity index (χ0) is 20.7. The van der Waals surface area contributed by atoms with Crippen LogP contribution in [0.4, 0.5) is 11.4 Å². The Kier molecular flexibility index (Phi) is 7.99. The highest BCUT2D eigenvalue weighted by molar-refractivity contribution is 5.91. The summed E-state index contributed by atoms with van der Waals surface area (Å²) in [6.45, 7) is 5.05. The van der Waals surface area contributed by atoms with Crippen molar-refractivity contribution in [1.82, 2.24) is 0 Å². The van der Waals surface area contributed by atoms with Gasteiger partial charge in [-0.15, -0.1) is 0 Å². The highest BCUT2D eigenvalue weighted by atomic mass is 16.6. The van der Waals surface area contributed by atoms with Crippen LogP contribution in [0, 0.1) is 16.0 Å². The van der Waals surface area contributed by atoms with E-state index in [4.69, 9.17) is 9.84 Å². The number of carboxylic acid groups (broad SMARTS) is 1. The first-order valence-corrected chi connectivity index (χ1v) is 9.81. The number of carbonyl (C=O) groups is 1. The maximum absolute atomic E-state index is 11.9. The molecule has 1 fully saturated rings. The summed E-state index contributed by atoms with van der Waals surface area (Å²) in [5.74, 6) is -0.736. The molecule has 0 atom stereocenters. The Hall–Kier alpha value is -2.41. The maximum atomic E-state index is 11.9. The molecule has 154 valence electrons. The lowest BCUT2D eigenvalue weighted by atomic mass is 9.92. The first kappa shape index (κ1) is 21.9. The van der Waals surface area contributed by atoms with Crippen molar-refractivity contribution >= 4 is 22.9 Å². The van der Waals surface area contributed by atoms with Gasteiger partial charge in [-0.05, 0) is 36.0 Å². The number of carboxylic acids is 1. The molecule has 7 nitrogen and oxygen atoms in total. The van der Waals surface area contributed by atoms with Crippen LogP contribution in [-0.4, -0.2) is 42.3 Å². The summed E-state index contributed by atoms with van der Waals surface area (Å²) in [6, 6.07) is 5.29. The SMILES string of the molecule is COCC(=CC(=O)O)c1ccc(N(CC(C)C)C2CCCCC2)c([N+](=O)[O-])c1. The van der Waals surface area contributed by atoms with E-state index in [1.54, 1.807) is 12.1 Å². The van der Waals surface area contributed by atoms with E-state index in [9.17, 15) is 14.9 Å². The Labute approximate surface area is 166 Å². The highest BCUT2D eigenvalue weighted by Crippen LogP contribution is 2.36. The number of hydrogen-bond acceptors (Lipinski definition) is 5. The van der Waals surface area contributed by atoms with Crippen LogP contribution in [0.5, 0.6) is 0 Å². The number of aliphatic carboxylic acids is 1. The molecular weight excluding hydrogens is 360 g/mol. The number of rotatable bonds is 9. The minimum Gasteiger partial charge on any atom is -0.478 e. The van der Waals surface area contributed by atoms with Crippen LogP contribution in [0.3, 0.4) is 0 Å². The fourth-order valence-electron chi connectivity index (χ4n) is 3.86. The maximum Gasteiger partial charge on any atom is 0.328 e. The average molecular weight is 390 g/mol. The van der Waals surface area contributed by atoms with Gasteiger partial charge < -0.3 is 14.7 Å². The van der Waals surface area contributed by atoms with Gasteiger partial charge in [0, 0.05) is 31.8 Å². The second-order valence-electron chi connectivity index (χ2n) is 7.74. The predicted octanol–water partition coefficient (Wildman–Crippen LogP) is 4.50. The second kappa shape index (κ2) is 10.2. The smallest absolute Gasteiger partial charge is 0.328 e. The van der Waals surface area contributed by atoms with Crippen LogP contribution in [0.15, 0.2) is 24.3 Å². The third-order valence-corrected chi connectivity index (χ3v) is 5.03. The lowest BCUT2D eigenvalue weighted by Gasteiger charge is -2.37. The number of hydrogen-bond donors (Lipinski definition) is 1. The lowest BCUT2D eigenvalue weighted by molar-refractivity contribution is -0.384. The van der Waals surface area contributed by atoms with E-state index in [-0.39, 0.29) is 17.2 Å². The van der Waals surface area contributed by atoms with Gasteiger partial charge in [0.05, 0.1) is 11.5 Å². The zero-order valence-corrected chi connectivity index (χ0v) is 16.9. The molecule has 0 aliphatic heterocycles.